The summed E-state index contributed by atoms with van der Waals surface area (Å²) in [5.41, 5.74) is -5.05. The fourth-order valence-electron chi connectivity index (χ4n) is 10.2. The number of hydrogen-bond acceptors (Lipinski definition) is 6. The maximum Gasteiger partial charge on any atom is 0.333 e. The Kier molecular flexibility index (Phi) is 5.81. The largest absolute Gasteiger partial charge is 0.381 e. The normalized spacial score (nSPS) is 48.9. The van der Waals surface area contributed by atoms with Crippen molar-refractivity contribution in [2.75, 3.05) is 0 Å². The van der Waals surface area contributed by atoms with Crippen molar-refractivity contribution in [3.63, 3.8) is 0 Å². The summed E-state index contributed by atoms with van der Waals surface area (Å²) in [6, 6.07) is 2.10. The molecule has 8 atom stereocenters. The van der Waals surface area contributed by atoms with Crippen molar-refractivity contribution < 1.29 is 27.7 Å². The lowest BCUT2D eigenvalue weighted by molar-refractivity contribution is -0.239. The number of ketones is 2. The second-order valence-corrected chi connectivity index (χ2v) is 16.2. The van der Waals surface area contributed by atoms with Gasteiger partial charge in [-0.15, -0.1) is 0 Å². The van der Waals surface area contributed by atoms with Gasteiger partial charge in [-0.25, -0.2) is 0 Å². The molecule has 0 spiro atoms. The third-order valence-corrected chi connectivity index (χ3v) is 13.4. The van der Waals surface area contributed by atoms with E-state index in [0.717, 1.165) is 12.0 Å². The molecule has 0 aromatic heterocycles. The van der Waals surface area contributed by atoms with E-state index in [1.165, 1.54) is 0 Å². The molecule has 3 saturated carbocycles. The first kappa shape index (κ1) is 28.7. The Morgan fingerprint density at radius 1 is 0.974 bits per heavy atom. The molecule has 0 unspecified atom stereocenters. The van der Waals surface area contributed by atoms with Gasteiger partial charge in [-0.1, -0.05) is 47.6 Å². The number of hydrogen-bond donors (Lipinski definition) is 3. The van der Waals surface area contributed by atoms with E-state index in [2.05, 4.69) is 24.6 Å². The highest BCUT2D eigenvalue weighted by Gasteiger charge is 2.75. The first-order valence-corrected chi connectivity index (χ1v) is 15.5. The van der Waals surface area contributed by atoms with Crippen LogP contribution in [0, 0.1) is 50.2 Å². The Bertz CT molecular complexity index is 1390. The Labute approximate surface area is 232 Å². The average molecular weight is 559 g/mol. The minimum absolute atomic E-state index is 0.0951. The molecular weight excluding hydrogens is 516 g/mol. The number of aliphatic hydroxyl groups is 1. The smallest absolute Gasteiger partial charge is 0.333 e. The molecule has 3 fully saturated rings. The number of nitriles is 1. The minimum atomic E-state index is -4.48. The van der Waals surface area contributed by atoms with Crippen LogP contribution in [-0.2, 0) is 19.9 Å². The maximum absolute atomic E-state index is 14.4. The zero-order valence-electron chi connectivity index (χ0n) is 24.1. The van der Waals surface area contributed by atoms with E-state index in [9.17, 15) is 32.9 Å². The molecule has 0 heterocycles. The van der Waals surface area contributed by atoms with Crippen molar-refractivity contribution in [2.24, 2.45) is 38.9 Å². The highest BCUT2D eigenvalue weighted by molar-refractivity contribution is 7.83. The molecule has 9 heteroatoms. The van der Waals surface area contributed by atoms with Gasteiger partial charge in [0, 0.05) is 27.7 Å². The molecule has 5 rings (SSSR count). The topological polar surface area (TPSA) is 145 Å². The van der Waals surface area contributed by atoms with E-state index >= 15 is 0 Å². The van der Waals surface area contributed by atoms with E-state index in [4.69, 9.17) is 0 Å². The maximum atomic E-state index is 14.4. The summed E-state index contributed by atoms with van der Waals surface area (Å²) in [6.45, 7) is 13.8. The van der Waals surface area contributed by atoms with Crippen LogP contribution in [0.2, 0.25) is 0 Å². The van der Waals surface area contributed by atoms with Crippen molar-refractivity contribution in [3.05, 3.63) is 23.3 Å². The number of nitrogens with zero attached hydrogens (tertiary/aromatic N) is 1. The number of rotatable bonds is 2. The molecule has 0 aliphatic heterocycles. The third kappa shape index (κ3) is 3.47. The van der Waals surface area contributed by atoms with Crippen LogP contribution in [0.1, 0.15) is 93.4 Å². The van der Waals surface area contributed by atoms with Crippen LogP contribution in [0.15, 0.2) is 23.3 Å². The van der Waals surface area contributed by atoms with Gasteiger partial charge in [0.1, 0.15) is 11.7 Å². The Hall–Kier alpha value is -1.86. The van der Waals surface area contributed by atoms with E-state index in [1.807, 2.05) is 27.7 Å². The molecule has 214 valence electrons. The molecule has 5 aliphatic carbocycles. The first-order valence-electron chi connectivity index (χ1n) is 14.1. The summed E-state index contributed by atoms with van der Waals surface area (Å²) < 4.78 is 35.6. The predicted molar refractivity (Wildman–Crippen MR) is 145 cm³/mol. The Morgan fingerprint density at radius 2 is 1.59 bits per heavy atom. The zero-order chi connectivity index (χ0) is 29.2. The molecular formula is C30H42N2O6S. The predicted octanol–water partition coefficient (Wildman–Crippen LogP) is 4.47. The summed E-state index contributed by atoms with van der Waals surface area (Å²) >= 11 is 0. The average Bonchev–Trinajstić information content (AvgIpc) is 2.81. The van der Waals surface area contributed by atoms with Gasteiger partial charge in [-0.2, -0.15) is 18.4 Å². The van der Waals surface area contributed by atoms with E-state index in [0.29, 0.717) is 32.1 Å². The van der Waals surface area contributed by atoms with Crippen LogP contribution in [-0.4, -0.2) is 40.8 Å². The number of allylic oxidation sites excluding steroid dienone is 3. The second kappa shape index (κ2) is 7.90. The highest BCUT2D eigenvalue weighted by Crippen LogP contribution is 2.75. The van der Waals surface area contributed by atoms with Gasteiger partial charge < -0.3 is 5.11 Å². The van der Waals surface area contributed by atoms with Crippen LogP contribution in [0.3, 0.4) is 0 Å². The lowest BCUT2D eigenvalue weighted by Crippen LogP contribution is -2.74. The fraction of sp³-hybridized carbons (Fsp3) is 0.767. The molecule has 39 heavy (non-hydrogen) atoms. The molecule has 0 aromatic carbocycles. The van der Waals surface area contributed by atoms with Crippen molar-refractivity contribution in [1.82, 2.24) is 4.72 Å². The third-order valence-electron chi connectivity index (χ3n) is 12.6. The molecule has 0 saturated heterocycles. The number of Topliss-reactive ketones (excluding diaryl/α,β-unsaturated/α-hetero) is 1. The number of carbonyl (C=O) groups excluding carboxylic acids is 2. The van der Waals surface area contributed by atoms with Crippen molar-refractivity contribution in [3.8, 4) is 6.07 Å². The van der Waals surface area contributed by atoms with Gasteiger partial charge in [0.2, 0.25) is 0 Å². The highest BCUT2D eigenvalue weighted by atomic mass is 32.2. The van der Waals surface area contributed by atoms with Crippen LogP contribution in [0.4, 0.5) is 0 Å². The number of nitrogens with one attached hydrogen (secondary N) is 1. The molecule has 5 aliphatic rings. The van der Waals surface area contributed by atoms with Crippen molar-refractivity contribution >= 4 is 21.9 Å². The van der Waals surface area contributed by atoms with Crippen LogP contribution in [0.5, 0.6) is 0 Å². The summed E-state index contributed by atoms with van der Waals surface area (Å²) in [4.78, 5) is 27.6. The van der Waals surface area contributed by atoms with E-state index in [1.54, 1.807) is 19.1 Å². The summed E-state index contributed by atoms with van der Waals surface area (Å²) in [5.74, 6) is -1.17. The van der Waals surface area contributed by atoms with Gasteiger partial charge >= 0.3 is 10.3 Å². The van der Waals surface area contributed by atoms with Crippen LogP contribution >= 0.6 is 0 Å². The standard InChI is InChI=1S/C30H42N2O6S/c1-24(2)19-8-9-28(6)20(27(19,5)15-18(17-31)23(24)34)14-22(33)30(35)21-16-26(4,32-39(36,37)38)12-10-25(21,3)11-13-29(28,30)7/h14-15,19,21,32,35H,8-13,16H2,1-7H3,(H,36,37,38)/t19-,21+,25+,26-,27-,28+,29-,30+/m0/s1. The lowest BCUT2D eigenvalue weighted by Gasteiger charge is -2.71. The van der Waals surface area contributed by atoms with Crippen molar-refractivity contribution in [1.29, 1.82) is 5.26 Å². The van der Waals surface area contributed by atoms with Gasteiger partial charge in [-0.05, 0) is 80.3 Å². The van der Waals surface area contributed by atoms with Gasteiger partial charge in [0.25, 0.3) is 0 Å². The fourth-order valence-corrected chi connectivity index (χ4v) is 11.0. The summed E-state index contributed by atoms with van der Waals surface area (Å²) in [7, 11) is -4.48. The molecule has 8 nitrogen and oxygen atoms in total. The summed E-state index contributed by atoms with van der Waals surface area (Å²) in [5, 5.41) is 22.6. The molecule has 0 amide bonds. The quantitative estimate of drug-likeness (QED) is 0.424. The molecule has 0 bridgehead atoms. The van der Waals surface area contributed by atoms with Gasteiger partial charge in [0.15, 0.2) is 11.6 Å². The minimum Gasteiger partial charge on any atom is -0.381 e. The molecule has 0 radical (unpaired) electrons. The summed E-state index contributed by atoms with van der Waals surface area (Å²) in [6.07, 6.45) is 7.50. The SMILES string of the molecule is CC1(C)C(=O)C(C#N)=C[C@]2(C)C3=CC(=O)[C@]4(O)[C@@H]5C[C@@](C)(NS(=O)(=O)O)CC[C@]5(C)CC[C@@]4(C)[C@]3(C)CC[C@@H]12. The second-order valence-electron chi connectivity index (χ2n) is 15.0. The Balaban J connectivity index is 1.70. The zero-order valence-corrected chi connectivity index (χ0v) is 25.0. The monoisotopic (exact) mass is 558 g/mol. The van der Waals surface area contributed by atoms with Crippen LogP contribution in [0.25, 0.3) is 0 Å². The number of fused-ring (bicyclic) bond motifs is 7. The van der Waals surface area contributed by atoms with Crippen LogP contribution < -0.4 is 4.72 Å². The molecule has 0 aromatic rings. The molecule has 3 N–H and O–H groups in total. The van der Waals surface area contributed by atoms with E-state index < -0.39 is 49.0 Å². The Morgan fingerprint density at radius 3 is 2.18 bits per heavy atom. The van der Waals surface area contributed by atoms with Gasteiger partial charge in [-0.3, -0.25) is 14.1 Å². The van der Waals surface area contributed by atoms with Gasteiger partial charge in [0.05, 0.1) is 5.57 Å². The first-order chi connectivity index (χ1) is 17.6. The van der Waals surface area contributed by atoms with E-state index in [-0.39, 0.29) is 34.9 Å². The number of carbonyl (C=O) groups is 2. The lowest BCUT2D eigenvalue weighted by atomic mass is 9.33. The van der Waals surface area contributed by atoms with Crippen molar-refractivity contribution in [2.45, 2.75) is 105 Å².